The molecule has 3 amide bonds. The third kappa shape index (κ3) is 3.85. The van der Waals surface area contributed by atoms with E-state index in [2.05, 4.69) is 4.90 Å². The van der Waals surface area contributed by atoms with Crippen molar-refractivity contribution < 1.29 is 14.4 Å². The minimum absolute atomic E-state index is 0.0177. The number of hydrogen-bond acceptors (Lipinski definition) is 5. The highest BCUT2D eigenvalue weighted by Gasteiger charge is 2.33. The quantitative estimate of drug-likeness (QED) is 0.446. The molecule has 32 heavy (non-hydrogen) atoms. The maximum Gasteiger partial charge on any atom is 0.261 e. The summed E-state index contributed by atoms with van der Waals surface area (Å²) in [5.74, 6) is -0.442. The number of rotatable bonds is 5. The molecule has 2 aliphatic rings. The summed E-state index contributed by atoms with van der Waals surface area (Å²) in [6.07, 6.45) is 3.48. The molecule has 2 aliphatic heterocycles. The van der Waals surface area contributed by atoms with Crippen LogP contribution in [0.5, 0.6) is 0 Å². The first kappa shape index (κ1) is 20.6. The van der Waals surface area contributed by atoms with E-state index >= 15 is 0 Å². The van der Waals surface area contributed by atoms with Crippen molar-refractivity contribution >= 4 is 45.9 Å². The number of benzene rings is 2. The van der Waals surface area contributed by atoms with Crippen LogP contribution < -0.4 is 0 Å². The van der Waals surface area contributed by atoms with Crippen LogP contribution in [0.3, 0.4) is 0 Å². The Kier molecular flexibility index (Phi) is 5.59. The molecule has 0 unspecified atom stereocenters. The second kappa shape index (κ2) is 8.68. The van der Waals surface area contributed by atoms with Gasteiger partial charge in [-0.1, -0.05) is 30.3 Å². The molecule has 1 saturated heterocycles. The molecule has 2 aromatic carbocycles. The van der Waals surface area contributed by atoms with Crippen LogP contribution in [0, 0.1) is 0 Å². The van der Waals surface area contributed by atoms with Crippen molar-refractivity contribution in [3.05, 3.63) is 76.0 Å². The number of thiophene rings is 1. The number of carbonyl (C=O) groups is 3. The van der Waals surface area contributed by atoms with Gasteiger partial charge in [0, 0.05) is 66.7 Å². The molecule has 0 radical (unpaired) electrons. The lowest BCUT2D eigenvalue weighted by atomic mass is 9.94. The van der Waals surface area contributed by atoms with Gasteiger partial charge in [0.05, 0.1) is 0 Å². The van der Waals surface area contributed by atoms with Gasteiger partial charge in [-0.2, -0.15) is 0 Å². The lowest BCUT2D eigenvalue weighted by Gasteiger charge is -2.35. The van der Waals surface area contributed by atoms with E-state index in [1.807, 2.05) is 52.8 Å². The van der Waals surface area contributed by atoms with E-state index < -0.39 is 0 Å². The summed E-state index contributed by atoms with van der Waals surface area (Å²) in [7, 11) is 0. The normalized spacial score (nSPS) is 17.0. The van der Waals surface area contributed by atoms with Crippen LogP contribution in [0.1, 0.15) is 25.6 Å². The van der Waals surface area contributed by atoms with Crippen LogP contribution in [0.2, 0.25) is 0 Å². The third-order valence-corrected chi connectivity index (χ3v) is 6.95. The van der Waals surface area contributed by atoms with Crippen molar-refractivity contribution in [2.24, 2.45) is 0 Å². The first-order chi connectivity index (χ1) is 15.6. The van der Waals surface area contributed by atoms with Crippen molar-refractivity contribution in [2.75, 3.05) is 39.3 Å². The van der Waals surface area contributed by atoms with Gasteiger partial charge in [-0.05, 0) is 35.0 Å². The van der Waals surface area contributed by atoms with E-state index in [1.165, 1.54) is 4.90 Å². The summed E-state index contributed by atoms with van der Waals surface area (Å²) in [5.41, 5.74) is 1.18. The zero-order chi connectivity index (χ0) is 22.1. The van der Waals surface area contributed by atoms with Crippen molar-refractivity contribution in [3.8, 4) is 0 Å². The Balaban J connectivity index is 1.19. The van der Waals surface area contributed by atoms with Crippen molar-refractivity contribution in [3.63, 3.8) is 0 Å². The molecule has 0 saturated carbocycles. The Hall–Kier alpha value is -3.29. The van der Waals surface area contributed by atoms with Crippen LogP contribution in [0.25, 0.3) is 16.8 Å². The maximum atomic E-state index is 13.0. The van der Waals surface area contributed by atoms with Crippen LogP contribution in [-0.2, 0) is 4.79 Å². The Morgan fingerprint density at radius 3 is 2.19 bits per heavy atom. The number of hydrogen-bond donors (Lipinski definition) is 0. The fraction of sp³-hybridized carbons (Fsp3) is 0.240. The molecule has 0 N–H and O–H groups in total. The van der Waals surface area contributed by atoms with Crippen molar-refractivity contribution in [2.45, 2.75) is 0 Å². The minimum Gasteiger partial charge on any atom is -0.337 e. The standard InChI is InChI=1S/C25H23N3O3S/c29-22(10-9-19-6-3-17-32-19)27-14-11-26(12-15-27)13-16-28-24(30)20-7-1-4-18-5-2-8-21(23(18)20)25(28)31/h1-10,17H,11-16H2/b10-9+. The number of carbonyl (C=O) groups excluding carboxylic acids is 3. The molecule has 1 aromatic heterocycles. The predicted molar refractivity (Wildman–Crippen MR) is 126 cm³/mol. The van der Waals surface area contributed by atoms with E-state index in [4.69, 9.17) is 0 Å². The van der Waals surface area contributed by atoms with Crippen LogP contribution in [0.15, 0.2) is 60.0 Å². The van der Waals surface area contributed by atoms with E-state index in [0.717, 1.165) is 28.7 Å². The lowest BCUT2D eigenvalue weighted by Crippen LogP contribution is -2.51. The molecule has 162 valence electrons. The van der Waals surface area contributed by atoms with Gasteiger partial charge in [-0.3, -0.25) is 24.2 Å². The van der Waals surface area contributed by atoms with Crippen LogP contribution in [-0.4, -0.2) is 71.7 Å². The SMILES string of the molecule is O=C(/C=C/c1cccs1)N1CCN(CCN2C(=O)c3cccc4cccc(c34)C2=O)CC1. The summed E-state index contributed by atoms with van der Waals surface area (Å²) < 4.78 is 0. The molecule has 7 heteroatoms. The van der Waals surface area contributed by atoms with Crippen LogP contribution >= 0.6 is 11.3 Å². The smallest absolute Gasteiger partial charge is 0.261 e. The summed E-state index contributed by atoms with van der Waals surface area (Å²) in [4.78, 5) is 44.9. The minimum atomic E-state index is -0.230. The van der Waals surface area contributed by atoms with Gasteiger partial charge in [-0.15, -0.1) is 11.3 Å². The molecule has 1 fully saturated rings. The van der Waals surface area contributed by atoms with E-state index in [9.17, 15) is 14.4 Å². The molecule has 0 atom stereocenters. The maximum absolute atomic E-state index is 13.0. The first-order valence-electron chi connectivity index (χ1n) is 10.7. The highest BCUT2D eigenvalue weighted by atomic mass is 32.1. The predicted octanol–water partition coefficient (Wildman–Crippen LogP) is 3.35. The highest BCUT2D eigenvalue weighted by molar-refractivity contribution is 7.10. The topological polar surface area (TPSA) is 60.9 Å². The molecule has 5 rings (SSSR count). The number of imide groups is 1. The molecule has 3 aromatic rings. The lowest BCUT2D eigenvalue weighted by molar-refractivity contribution is -0.127. The fourth-order valence-corrected chi connectivity index (χ4v) is 4.98. The highest BCUT2D eigenvalue weighted by Crippen LogP contribution is 2.29. The average molecular weight is 446 g/mol. The van der Waals surface area contributed by atoms with Gasteiger partial charge < -0.3 is 4.90 Å². The molecule has 6 nitrogen and oxygen atoms in total. The molecule has 0 spiro atoms. The number of piperazine rings is 1. The van der Waals surface area contributed by atoms with E-state index in [0.29, 0.717) is 37.3 Å². The zero-order valence-corrected chi connectivity index (χ0v) is 18.4. The van der Waals surface area contributed by atoms with Gasteiger partial charge in [0.2, 0.25) is 5.91 Å². The van der Waals surface area contributed by atoms with Crippen molar-refractivity contribution in [1.82, 2.24) is 14.7 Å². The van der Waals surface area contributed by atoms with Crippen molar-refractivity contribution in [1.29, 1.82) is 0 Å². The van der Waals surface area contributed by atoms with Gasteiger partial charge in [0.1, 0.15) is 0 Å². The Bertz CT molecular complexity index is 1160. The Morgan fingerprint density at radius 2 is 1.56 bits per heavy atom. The molecular weight excluding hydrogens is 422 g/mol. The molecule has 0 bridgehead atoms. The fourth-order valence-electron chi connectivity index (χ4n) is 4.36. The number of nitrogens with zero attached hydrogens (tertiary/aromatic N) is 3. The van der Waals surface area contributed by atoms with Gasteiger partial charge >= 0.3 is 0 Å². The first-order valence-corrected chi connectivity index (χ1v) is 11.6. The second-order valence-electron chi connectivity index (χ2n) is 7.99. The van der Waals surface area contributed by atoms with Gasteiger partial charge in [0.25, 0.3) is 11.8 Å². The number of amides is 3. The zero-order valence-electron chi connectivity index (χ0n) is 17.6. The summed E-state index contributed by atoms with van der Waals surface area (Å²) >= 11 is 1.60. The average Bonchev–Trinajstić information content (AvgIpc) is 3.35. The molecule has 3 heterocycles. The van der Waals surface area contributed by atoms with Gasteiger partial charge in [0.15, 0.2) is 0 Å². The largest absolute Gasteiger partial charge is 0.337 e. The summed E-state index contributed by atoms with van der Waals surface area (Å²) in [5, 5.41) is 3.65. The van der Waals surface area contributed by atoms with E-state index in [1.54, 1.807) is 29.5 Å². The Morgan fingerprint density at radius 1 is 0.875 bits per heavy atom. The van der Waals surface area contributed by atoms with Gasteiger partial charge in [-0.25, -0.2) is 0 Å². The van der Waals surface area contributed by atoms with E-state index in [-0.39, 0.29) is 17.7 Å². The second-order valence-corrected chi connectivity index (χ2v) is 8.97. The van der Waals surface area contributed by atoms with Crippen LogP contribution in [0.4, 0.5) is 0 Å². The molecule has 0 aliphatic carbocycles. The summed E-state index contributed by atoms with van der Waals surface area (Å²) in [6, 6.07) is 15.1. The molecular formula is C25H23N3O3S. The Labute approximate surface area is 190 Å². The monoisotopic (exact) mass is 445 g/mol. The third-order valence-electron chi connectivity index (χ3n) is 6.11. The summed E-state index contributed by atoms with van der Waals surface area (Å²) in [6.45, 7) is 3.66.